The zero-order chi connectivity index (χ0) is 19.7. The Hall–Kier alpha value is -2.56. The molecule has 144 valence electrons. The number of carbonyl (C=O) groups is 3. The zero-order valence-electron chi connectivity index (χ0n) is 14.4. The molecule has 9 nitrogen and oxygen atoms in total. The van der Waals surface area contributed by atoms with Gasteiger partial charge in [0.1, 0.15) is 28.9 Å². The molecule has 2 amide bonds. The van der Waals surface area contributed by atoms with Crippen molar-refractivity contribution in [3.05, 3.63) is 41.1 Å². The molecule has 27 heavy (non-hydrogen) atoms. The van der Waals surface area contributed by atoms with Crippen molar-refractivity contribution in [2.24, 2.45) is 5.73 Å². The molecule has 1 unspecified atom stereocenters. The van der Waals surface area contributed by atoms with Crippen molar-refractivity contribution in [2.45, 2.75) is 17.5 Å². The standard InChI is InChI=1S/C17H19N3O6S/c1-26-6-9-7-27-16-12(15(23)20(16)13(9)17(24)25)19-14(22)11(18)8-2-4-10(21)5-3-8/h2-5,11-12,16,21H,6-7,18H2,1H3,(H,19,22)(H,24,25)/t11?,12-,16-/m1/s1. The lowest BCUT2D eigenvalue weighted by Gasteiger charge is -2.49. The number of carboxylic acids is 1. The van der Waals surface area contributed by atoms with Crippen LogP contribution in [-0.2, 0) is 19.1 Å². The van der Waals surface area contributed by atoms with Crippen LogP contribution in [0.3, 0.4) is 0 Å². The summed E-state index contributed by atoms with van der Waals surface area (Å²) in [5.41, 5.74) is 6.84. The Kier molecular flexibility index (Phi) is 5.40. The molecule has 0 spiro atoms. The van der Waals surface area contributed by atoms with Gasteiger partial charge in [0.05, 0.1) is 6.61 Å². The number of β-lactam (4-membered cyclic amide) rings is 1. The van der Waals surface area contributed by atoms with E-state index in [0.717, 1.165) is 0 Å². The molecule has 2 aliphatic rings. The molecule has 0 radical (unpaired) electrons. The number of fused-ring (bicyclic) bond motifs is 1. The summed E-state index contributed by atoms with van der Waals surface area (Å²) in [7, 11) is 1.45. The number of amides is 2. The van der Waals surface area contributed by atoms with Gasteiger partial charge in [0.2, 0.25) is 5.91 Å². The molecule has 1 aromatic carbocycles. The number of phenolic OH excluding ortho intramolecular Hbond substituents is 1. The normalized spacial score (nSPS) is 22.7. The van der Waals surface area contributed by atoms with Crippen molar-refractivity contribution in [3.8, 4) is 5.75 Å². The number of hydrogen-bond acceptors (Lipinski definition) is 7. The third-order valence-corrected chi connectivity index (χ3v) is 5.74. The van der Waals surface area contributed by atoms with Crippen molar-refractivity contribution in [3.63, 3.8) is 0 Å². The van der Waals surface area contributed by atoms with Crippen LogP contribution in [0.15, 0.2) is 35.5 Å². The van der Waals surface area contributed by atoms with Gasteiger partial charge in [-0.1, -0.05) is 12.1 Å². The van der Waals surface area contributed by atoms with Gasteiger partial charge in [0.15, 0.2) is 0 Å². The monoisotopic (exact) mass is 393 g/mol. The molecule has 0 aliphatic carbocycles. The van der Waals surface area contributed by atoms with Gasteiger partial charge < -0.3 is 26.0 Å². The van der Waals surface area contributed by atoms with E-state index < -0.39 is 35.2 Å². The minimum Gasteiger partial charge on any atom is -0.508 e. The topological polar surface area (TPSA) is 142 Å². The number of phenols is 1. The lowest BCUT2D eigenvalue weighted by molar-refractivity contribution is -0.151. The number of ether oxygens (including phenoxy) is 1. The van der Waals surface area contributed by atoms with Crippen LogP contribution in [0, 0.1) is 0 Å². The van der Waals surface area contributed by atoms with E-state index in [0.29, 0.717) is 16.9 Å². The fourth-order valence-electron chi connectivity index (χ4n) is 3.04. The number of carbonyl (C=O) groups excluding carboxylic acids is 2. The highest BCUT2D eigenvalue weighted by Gasteiger charge is 2.54. The second-order valence-corrected chi connectivity index (χ2v) is 7.26. The van der Waals surface area contributed by atoms with Crippen LogP contribution in [0.25, 0.3) is 0 Å². The number of hydrogen-bond donors (Lipinski definition) is 4. The summed E-state index contributed by atoms with van der Waals surface area (Å²) in [4.78, 5) is 37.7. The molecule has 2 heterocycles. The maximum atomic E-state index is 12.5. The van der Waals surface area contributed by atoms with Crippen LogP contribution in [0.5, 0.6) is 5.75 Å². The molecule has 5 N–H and O–H groups in total. The van der Waals surface area contributed by atoms with Gasteiger partial charge in [-0.25, -0.2) is 4.79 Å². The van der Waals surface area contributed by atoms with E-state index in [1.54, 1.807) is 0 Å². The Bertz CT molecular complexity index is 809. The highest BCUT2D eigenvalue weighted by molar-refractivity contribution is 8.00. The van der Waals surface area contributed by atoms with E-state index in [1.165, 1.54) is 48.0 Å². The number of methoxy groups -OCH3 is 1. The van der Waals surface area contributed by atoms with Crippen LogP contribution < -0.4 is 11.1 Å². The zero-order valence-corrected chi connectivity index (χ0v) is 15.2. The first kappa shape index (κ1) is 19.2. The summed E-state index contributed by atoms with van der Waals surface area (Å²) >= 11 is 1.36. The maximum absolute atomic E-state index is 12.5. The molecular formula is C17H19N3O6S. The molecule has 0 bridgehead atoms. The first-order chi connectivity index (χ1) is 12.8. The van der Waals surface area contributed by atoms with Crippen LogP contribution in [-0.4, -0.2) is 63.8 Å². The lowest BCUT2D eigenvalue weighted by Crippen LogP contribution is -2.71. The quantitative estimate of drug-likeness (QED) is 0.486. The first-order valence-electron chi connectivity index (χ1n) is 8.09. The minimum absolute atomic E-state index is 0.0506. The Morgan fingerprint density at radius 3 is 2.67 bits per heavy atom. The molecule has 0 saturated carbocycles. The fraction of sp³-hybridized carbons (Fsp3) is 0.353. The van der Waals surface area contributed by atoms with E-state index in [4.69, 9.17) is 10.5 Å². The molecular weight excluding hydrogens is 374 g/mol. The number of nitrogens with zero attached hydrogens (tertiary/aromatic N) is 1. The van der Waals surface area contributed by atoms with E-state index >= 15 is 0 Å². The third kappa shape index (κ3) is 3.51. The third-order valence-electron chi connectivity index (χ3n) is 4.40. The van der Waals surface area contributed by atoms with Gasteiger partial charge in [-0.05, 0) is 23.3 Å². The van der Waals surface area contributed by atoms with Crippen molar-refractivity contribution in [1.82, 2.24) is 10.2 Å². The molecule has 1 aromatic rings. The smallest absolute Gasteiger partial charge is 0.352 e. The van der Waals surface area contributed by atoms with Crippen LogP contribution >= 0.6 is 11.8 Å². The predicted octanol–water partition coefficient (Wildman–Crippen LogP) is -0.223. The van der Waals surface area contributed by atoms with Crippen molar-refractivity contribution in [1.29, 1.82) is 0 Å². The van der Waals surface area contributed by atoms with Crippen molar-refractivity contribution in [2.75, 3.05) is 19.5 Å². The average molecular weight is 393 g/mol. The van der Waals surface area contributed by atoms with E-state index in [1.807, 2.05) is 0 Å². The van der Waals surface area contributed by atoms with Gasteiger partial charge in [-0.15, -0.1) is 11.8 Å². The number of thioether (sulfide) groups is 1. The maximum Gasteiger partial charge on any atom is 0.352 e. The second-order valence-electron chi connectivity index (χ2n) is 6.16. The minimum atomic E-state index is -1.20. The summed E-state index contributed by atoms with van der Waals surface area (Å²) in [5, 5.41) is 20.9. The van der Waals surface area contributed by atoms with Gasteiger partial charge in [-0.3, -0.25) is 14.5 Å². The highest BCUT2D eigenvalue weighted by atomic mass is 32.2. The van der Waals surface area contributed by atoms with E-state index in [2.05, 4.69) is 5.32 Å². The summed E-state index contributed by atoms with van der Waals surface area (Å²) in [6.07, 6.45) is 0. The largest absolute Gasteiger partial charge is 0.508 e. The number of aromatic hydroxyl groups is 1. The van der Waals surface area contributed by atoms with Crippen LogP contribution in [0.2, 0.25) is 0 Å². The highest BCUT2D eigenvalue weighted by Crippen LogP contribution is 2.40. The number of benzene rings is 1. The number of rotatable bonds is 6. The Labute approximate surface area is 159 Å². The predicted molar refractivity (Wildman–Crippen MR) is 96.6 cm³/mol. The molecule has 10 heteroatoms. The molecule has 3 rings (SSSR count). The van der Waals surface area contributed by atoms with Gasteiger partial charge in [0, 0.05) is 12.9 Å². The second kappa shape index (κ2) is 7.59. The summed E-state index contributed by atoms with van der Waals surface area (Å²) < 4.78 is 5.01. The van der Waals surface area contributed by atoms with Gasteiger partial charge in [-0.2, -0.15) is 0 Å². The van der Waals surface area contributed by atoms with Crippen LogP contribution in [0.4, 0.5) is 0 Å². The first-order valence-corrected chi connectivity index (χ1v) is 9.13. The fourth-order valence-corrected chi connectivity index (χ4v) is 4.37. The van der Waals surface area contributed by atoms with Gasteiger partial charge >= 0.3 is 5.97 Å². The Balaban J connectivity index is 1.72. The number of carboxylic acid groups (broad SMARTS) is 1. The van der Waals surface area contributed by atoms with Crippen molar-refractivity contribution < 1.29 is 29.3 Å². The molecule has 1 saturated heterocycles. The molecule has 1 fully saturated rings. The number of nitrogens with one attached hydrogen (secondary N) is 1. The molecule has 2 aliphatic heterocycles. The van der Waals surface area contributed by atoms with Crippen molar-refractivity contribution >= 4 is 29.5 Å². The van der Waals surface area contributed by atoms with Gasteiger partial charge in [0.25, 0.3) is 5.91 Å². The summed E-state index contributed by atoms with van der Waals surface area (Å²) in [6.45, 7) is 0.119. The SMILES string of the molecule is COCC1=C(C(=O)O)N2C(=O)[C@@H](NC(=O)C(N)c3ccc(O)cc3)[C@H]2SC1. The Morgan fingerprint density at radius 2 is 2.07 bits per heavy atom. The number of aliphatic carboxylic acids is 1. The molecule has 3 atom stereocenters. The number of nitrogens with two attached hydrogens (primary N) is 1. The van der Waals surface area contributed by atoms with E-state index in [9.17, 15) is 24.6 Å². The Morgan fingerprint density at radius 1 is 1.41 bits per heavy atom. The molecule has 0 aromatic heterocycles. The summed E-state index contributed by atoms with van der Waals surface area (Å²) in [6, 6.07) is 4.01. The lowest BCUT2D eigenvalue weighted by atomic mass is 10.0. The van der Waals surface area contributed by atoms with E-state index in [-0.39, 0.29) is 18.1 Å². The summed E-state index contributed by atoms with van der Waals surface area (Å²) in [5.74, 6) is -1.81. The average Bonchev–Trinajstić information content (AvgIpc) is 2.65. The van der Waals surface area contributed by atoms with Crippen LogP contribution in [0.1, 0.15) is 11.6 Å².